The quantitative estimate of drug-likeness (QED) is 0.194. The van der Waals surface area contributed by atoms with Gasteiger partial charge in [-0.05, 0) is 32.4 Å². The van der Waals surface area contributed by atoms with Gasteiger partial charge >= 0.3 is 11.9 Å². The van der Waals surface area contributed by atoms with Crippen LogP contribution in [0.2, 0.25) is 0 Å². The first-order chi connectivity index (χ1) is 8.72. The van der Waals surface area contributed by atoms with Crippen molar-refractivity contribution >= 4 is 46.7 Å². The minimum Gasteiger partial charge on any atom is -0.462 e. The summed E-state index contributed by atoms with van der Waals surface area (Å²) in [5.41, 5.74) is 0.0809. The Kier molecular flexibility index (Phi) is 8.14. The van der Waals surface area contributed by atoms with Crippen molar-refractivity contribution in [3.8, 4) is 0 Å². The number of allylic oxidation sites excluding steroid dienone is 3. The van der Waals surface area contributed by atoms with Gasteiger partial charge in [-0.25, -0.2) is 9.59 Å². The van der Waals surface area contributed by atoms with E-state index in [1.54, 1.807) is 13.8 Å². The highest BCUT2D eigenvalue weighted by Gasteiger charge is 2.23. The van der Waals surface area contributed by atoms with Crippen LogP contribution in [0, 0.1) is 0 Å². The predicted molar refractivity (Wildman–Crippen MR) is 75.4 cm³/mol. The maximum Gasteiger partial charge on any atom is 0.345 e. The fourth-order valence-corrected chi connectivity index (χ4v) is 1.30. The highest BCUT2D eigenvalue weighted by atomic mass is 35.6. The maximum atomic E-state index is 11.7. The van der Waals surface area contributed by atoms with Gasteiger partial charge < -0.3 is 9.47 Å². The van der Waals surface area contributed by atoms with Crippen molar-refractivity contribution in [2.24, 2.45) is 0 Å². The van der Waals surface area contributed by atoms with Crippen LogP contribution in [0.1, 0.15) is 20.8 Å². The van der Waals surface area contributed by atoms with Crippen LogP contribution in [0.4, 0.5) is 0 Å². The third kappa shape index (κ3) is 7.45. The molecule has 0 aromatic heterocycles. The summed E-state index contributed by atoms with van der Waals surface area (Å²) in [5.74, 6) is -1.54. The number of carbonyl (C=O) groups excluding carboxylic acids is 2. The topological polar surface area (TPSA) is 52.6 Å². The summed E-state index contributed by atoms with van der Waals surface area (Å²) in [7, 11) is 0. The van der Waals surface area contributed by atoms with Gasteiger partial charge in [-0.3, -0.25) is 0 Å². The van der Waals surface area contributed by atoms with Gasteiger partial charge in [0.2, 0.25) is 3.79 Å². The van der Waals surface area contributed by atoms with E-state index in [1.807, 2.05) is 0 Å². The molecular weight excluding hydrogens is 314 g/mol. The number of carbonyl (C=O) groups is 2. The van der Waals surface area contributed by atoms with Gasteiger partial charge in [0.25, 0.3) is 0 Å². The first kappa shape index (κ1) is 18.3. The summed E-state index contributed by atoms with van der Waals surface area (Å²) in [6, 6.07) is 0. The van der Waals surface area contributed by atoms with Crippen LogP contribution in [0.3, 0.4) is 0 Å². The van der Waals surface area contributed by atoms with Gasteiger partial charge in [0, 0.05) is 0 Å². The maximum absolute atomic E-state index is 11.7. The van der Waals surface area contributed by atoms with Gasteiger partial charge in [0.1, 0.15) is 5.57 Å². The SMILES string of the molecule is CCOC(=O)C(C(=O)OCC)=C(C)C=CC(Cl)(Cl)Cl. The molecule has 0 saturated heterocycles. The fraction of sp³-hybridized carbons (Fsp3) is 0.500. The fourth-order valence-electron chi connectivity index (χ4n) is 1.11. The van der Waals surface area contributed by atoms with Gasteiger partial charge in [-0.2, -0.15) is 0 Å². The molecule has 0 aromatic rings. The van der Waals surface area contributed by atoms with Crippen LogP contribution in [0.25, 0.3) is 0 Å². The third-order valence-electron chi connectivity index (χ3n) is 1.88. The molecule has 4 nitrogen and oxygen atoms in total. The molecule has 0 amide bonds. The molecular formula is C12H15Cl3O4. The number of esters is 2. The molecule has 19 heavy (non-hydrogen) atoms. The largest absolute Gasteiger partial charge is 0.462 e. The molecule has 0 radical (unpaired) electrons. The van der Waals surface area contributed by atoms with Crippen molar-refractivity contribution in [2.75, 3.05) is 13.2 Å². The summed E-state index contributed by atoms with van der Waals surface area (Å²) < 4.78 is 7.97. The van der Waals surface area contributed by atoms with Gasteiger partial charge in [0.05, 0.1) is 13.2 Å². The predicted octanol–water partition coefficient (Wildman–Crippen LogP) is 3.36. The highest BCUT2D eigenvalue weighted by molar-refractivity contribution is 6.68. The number of alkyl halides is 3. The monoisotopic (exact) mass is 328 g/mol. The lowest BCUT2D eigenvalue weighted by molar-refractivity contribution is -0.146. The van der Waals surface area contributed by atoms with Crippen LogP contribution in [0.15, 0.2) is 23.3 Å². The Morgan fingerprint density at radius 2 is 1.47 bits per heavy atom. The first-order valence-electron chi connectivity index (χ1n) is 5.54. The molecule has 0 atom stereocenters. The smallest absolute Gasteiger partial charge is 0.345 e. The van der Waals surface area contributed by atoms with E-state index in [0.29, 0.717) is 5.57 Å². The summed E-state index contributed by atoms with van der Waals surface area (Å²) in [5, 5.41) is 0. The minimum absolute atomic E-state index is 0.142. The third-order valence-corrected chi connectivity index (χ3v) is 2.25. The molecule has 0 aliphatic heterocycles. The number of halogens is 3. The second-order valence-electron chi connectivity index (χ2n) is 3.37. The van der Waals surface area contributed by atoms with E-state index in [1.165, 1.54) is 19.1 Å². The summed E-state index contributed by atoms with van der Waals surface area (Å²) >= 11 is 16.7. The standard InChI is InChI=1S/C12H15Cl3O4/c1-4-18-10(16)9(11(17)19-5-2)8(3)6-7-12(13,14)15/h6-7H,4-5H2,1-3H3. The van der Waals surface area contributed by atoms with Crippen LogP contribution in [-0.4, -0.2) is 28.9 Å². The minimum atomic E-state index is -1.62. The van der Waals surface area contributed by atoms with Crippen LogP contribution < -0.4 is 0 Å². The normalized spacial score (nSPS) is 11.3. The summed E-state index contributed by atoms with van der Waals surface area (Å²) in [4.78, 5) is 23.4. The zero-order valence-corrected chi connectivity index (χ0v) is 13.1. The zero-order chi connectivity index (χ0) is 15.1. The Hall–Kier alpha value is -0.710. The summed E-state index contributed by atoms with van der Waals surface area (Å²) in [6.07, 6.45) is 2.58. The average molecular weight is 330 g/mol. The van der Waals surface area contributed by atoms with Gasteiger partial charge in [-0.1, -0.05) is 40.9 Å². The Morgan fingerprint density at radius 1 is 1.05 bits per heavy atom. The molecule has 0 rings (SSSR count). The van der Waals surface area contributed by atoms with Crippen molar-refractivity contribution in [2.45, 2.75) is 24.6 Å². The zero-order valence-electron chi connectivity index (χ0n) is 10.8. The molecule has 0 aliphatic carbocycles. The number of rotatable bonds is 5. The molecule has 0 heterocycles. The molecule has 0 aromatic carbocycles. The van der Waals surface area contributed by atoms with Crippen molar-refractivity contribution in [1.29, 1.82) is 0 Å². The molecule has 0 unspecified atom stereocenters. The molecule has 0 bridgehead atoms. The molecule has 0 aliphatic rings. The lowest BCUT2D eigenvalue weighted by Gasteiger charge is -2.09. The number of ether oxygens (including phenoxy) is 2. The Bertz CT molecular complexity index is 374. The molecule has 108 valence electrons. The van der Waals surface area contributed by atoms with Gasteiger partial charge in [-0.15, -0.1) is 0 Å². The molecule has 7 heteroatoms. The second kappa shape index (κ2) is 8.46. The van der Waals surface area contributed by atoms with E-state index >= 15 is 0 Å². The summed E-state index contributed by atoms with van der Waals surface area (Å²) in [6.45, 7) is 5.07. The lowest BCUT2D eigenvalue weighted by Crippen LogP contribution is -2.19. The van der Waals surface area contributed by atoms with Crippen LogP contribution in [0.5, 0.6) is 0 Å². The van der Waals surface area contributed by atoms with Crippen LogP contribution in [-0.2, 0) is 19.1 Å². The Balaban J connectivity index is 5.36. The van der Waals surface area contributed by atoms with Crippen molar-refractivity contribution in [3.63, 3.8) is 0 Å². The number of hydrogen-bond donors (Lipinski definition) is 0. The van der Waals surface area contributed by atoms with E-state index in [-0.39, 0.29) is 18.8 Å². The van der Waals surface area contributed by atoms with Crippen molar-refractivity contribution < 1.29 is 19.1 Å². The van der Waals surface area contributed by atoms with E-state index < -0.39 is 15.7 Å². The van der Waals surface area contributed by atoms with E-state index in [0.717, 1.165) is 0 Å². The lowest BCUT2D eigenvalue weighted by atomic mass is 10.1. The van der Waals surface area contributed by atoms with Crippen molar-refractivity contribution in [3.05, 3.63) is 23.3 Å². The van der Waals surface area contributed by atoms with Crippen LogP contribution >= 0.6 is 34.8 Å². The first-order valence-corrected chi connectivity index (χ1v) is 6.67. The molecule has 0 fully saturated rings. The molecule has 0 N–H and O–H groups in total. The van der Waals surface area contributed by atoms with Crippen molar-refractivity contribution in [1.82, 2.24) is 0 Å². The van der Waals surface area contributed by atoms with Gasteiger partial charge in [0.15, 0.2) is 0 Å². The Labute approximate surface area is 127 Å². The molecule has 0 saturated carbocycles. The second-order valence-corrected chi connectivity index (χ2v) is 5.74. The molecule has 0 spiro atoms. The highest BCUT2D eigenvalue weighted by Crippen LogP contribution is 2.28. The Morgan fingerprint density at radius 3 is 1.79 bits per heavy atom. The number of hydrogen-bond acceptors (Lipinski definition) is 4. The van der Waals surface area contributed by atoms with E-state index in [9.17, 15) is 9.59 Å². The average Bonchev–Trinajstić information content (AvgIpc) is 2.26. The van der Waals surface area contributed by atoms with E-state index in [2.05, 4.69) is 0 Å². The van der Waals surface area contributed by atoms with E-state index in [4.69, 9.17) is 44.3 Å².